The zero-order chi connectivity index (χ0) is 17.8. The lowest BCUT2D eigenvalue weighted by Gasteiger charge is -2.33. The van der Waals surface area contributed by atoms with Gasteiger partial charge in [-0.2, -0.15) is 5.10 Å². The molecule has 0 unspecified atom stereocenters. The number of fused-ring (bicyclic) bond motifs is 1. The number of aryl methyl sites for hydroxylation is 1. The number of aromatic nitrogens is 3. The Morgan fingerprint density at radius 3 is 3.00 bits per heavy atom. The lowest BCUT2D eigenvalue weighted by Crippen LogP contribution is -2.37. The summed E-state index contributed by atoms with van der Waals surface area (Å²) in [6.07, 6.45) is 6.45. The van der Waals surface area contributed by atoms with Crippen molar-refractivity contribution >= 4 is 0 Å². The lowest BCUT2D eigenvalue weighted by molar-refractivity contribution is 0.0854. The fourth-order valence-electron chi connectivity index (χ4n) is 3.48. The van der Waals surface area contributed by atoms with Crippen LogP contribution in [-0.4, -0.2) is 32.8 Å². The molecule has 0 amide bonds. The van der Waals surface area contributed by atoms with E-state index in [9.17, 15) is 0 Å². The molecule has 0 spiro atoms. The molecule has 6 heteroatoms. The van der Waals surface area contributed by atoms with Crippen molar-refractivity contribution in [3.05, 3.63) is 71.7 Å². The zero-order valence-corrected chi connectivity index (χ0v) is 15.0. The summed E-state index contributed by atoms with van der Waals surface area (Å²) >= 11 is 0. The molecule has 4 rings (SSSR count). The minimum atomic E-state index is 0.318. The molecule has 26 heavy (non-hydrogen) atoms. The van der Waals surface area contributed by atoms with E-state index in [2.05, 4.69) is 31.8 Å². The number of ether oxygens (including phenoxy) is 1. The number of nitrogens with zero attached hydrogens (tertiary/aromatic N) is 4. The van der Waals surface area contributed by atoms with Gasteiger partial charge in [-0.1, -0.05) is 6.07 Å². The van der Waals surface area contributed by atoms with E-state index in [1.807, 2.05) is 37.5 Å². The van der Waals surface area contributed by atoms with Crippen LogP contribution in [0.4, 0.5) is 0 Å². The third kappa shape index (κ3) is 4.03. The van der Waals surface area contributed by atoms with Gasteiger partial charge in [-0.15, -0.1) is 0 Å². The SMILES string of the molecule is Cc1ccc(CN2Cc3ccnn3[C@@H](CCOCc3cccnc3)C2)o1. The molecule has 6 nitrogen and oxygen atoms in total. The lowest BCUT2D eigenvalue weighted by atomic mass is 10.1. The smallest absolute Gasteiger partial charge is 0.118 e. The van der Waals surface area contributed by atoms with Gasteiger partial charge in [-0.05, 0) is 43.2 Å². The van der Waals surface area contributed by atoms with Gasteiger partial charge in [0.05, 0.1) is 24.9 Å². The summed E-state index contributed by atoms with van der Waals surface area (Å²) in [5.41, 5.74) is 2.35. The summed E-state index contributed by atoms with van der Waals surface area (Å²) in [4.78, 5) is 6.54. The van der Waals surface area contributed by atoms with Crippen LogP contribution in [0.2, 0.25) is 0 Å². The Bertz CT molecular complexity index is 827. The van der Waals surface area contributed by atoms with E-state index in [0.29, 0.717) is 19.3 Å². The predicted octanol–water partition coefficient (Wildman–Crippen LogP) is 3.34. The Labute approximate surface area is 153 Å². The monoisotopic (exact) mass is 352 g/mol. The first kappa shape index (κ1) is 17.0. The number of hydrogen-bond donors (Lipinski definition) is 0. The number of pyridine rings is 1. The Hall–Kier alpha value is -2.44. The molecule has 0 N–H and O–H groups in total. The quantitative estimate of drug-likeness (QED) is 0.611. The van der Waals surface area contributed by atoms with Crippen molar-refractivity contribution in [2.45, 2.75) is 39.1 Å². The van der Waals surface area contributed by atoms with E-state index >= 15 is 0 Å². The van der Waals surface area contributed by atoms with E-state index in [-0.39, 0.29) is 0 Å². The fourth-order valence-corrected chi connectivity index (χ4v) is 3.48. The van der Waals surface area contributed by atoms with Crippen LogP contribution in [-0.2, 0) is 24.4 Å². The van der Waals surface area contributed by atoms with Gasteiger partial charge in [-0.3, -0.25) is 14.6 Å². The van der Waals surface area contributed by atoms with Gasteiger partial charge in [0.2, 0.25) is 0 Å². The zero-order valence-electron chi connectivity index (χ0n) is 15.0. The highest BCUT2D eigenvalue weighted by atomic mass is 16.5. The van der Waals surface area contributed by atoms with Crippen molar-refractivity contribution in [1.82, 2.24) is 19.7 Å². The highest BCUT2D eigenvalue weighted by Gasteiger charge is 2.25. The molecular formula is C20H24N4O2. The molecule has 0 aromatic carbocycles. The van der Waals surface area contributed by atoms with Gasteiger partial charge in [0, 0.05) is 38.3 Å². The molecule has 4 heterocycles. The topological polar surface area (TPSA) is 56.3 Å². The van der Waals surface area contributed by atoms with Crippen molar-refractivity contribution in [1.29, 1.82) is 0 Å². The first-order valence-electron chi connectivity index (χ1n) is 9.04. The van der Waals surface area contributed by atoms with Gasteiger partial charge in [0.25, 0.3) is 0 Å². The molecule has 0 fully saturated rings. The Morgan fingerprint density at radius 1 is 1.23 bits per heavy atom. The molecule has 1 aliphatic heterocycles. The van der Waals surface area contributed by atoms with Gasteiger partial charge < -0.3 is 9.15 Å². The molecule has 3 aromatic rings. The predicted molar refractivity (Wildman–Crippen MR) is 97.3 cm³/mol. The second kappa shape index (κ2) is 7.85. The molecule has 1 atom stereocenters. The van der Waals surface area contributed by atoms with Crippen molar-refractivity contribution in [2.24, 2.45) is 0 Å². The summed E-state index contributed by atoms with van der Waals surface area (Å²) in [7, 11) is 0. The summed E-state index contributed by atoms with van der Waals surface area (Å²) < 4.78 is 13.7. The summed E-state index contributed by atoms with van der Waals surface area (Å²) in [6, 6.07) is 10.5. The second-order valence-corrected chi connectivity index (χ2v) is 6.81. The maximum Gasteiger partial charge on any atom is 0.118 e. The maximum atomic E-state index is 5.85. The van der Waals surface area contributed by atoms with Gasteiger partial charge in [0.1, 0.15) is 11.5 Å². The maximum absolute atomic E-state index is 5.85. The molecule has 0 radical (unpaired) electrons. The van der Waals surface area contributed by atoms with Crippen LogP contribution in [0.1, 0.15) is 35.2 Å². The van der Waals surface area contributed by atoms with Crippen molar-refractivity contribution in [2.75, 3.05) is 13.2 Å². The van der Waals surface area contributed by atoms with Crippen LogP contribution in [0.15, 0.2) is 53.3 Å². The fraction of sp³-hybridized carbons (Fsp3) is 0.400. The minimum absolute atomic E-state index is 0.318. The van der Waals surface area contributed by atoms with E-state index in [1.165, 1.54) is 5.69 Å². The molecule has 136 valence electrons. The average molecular weight is 352 g/mol. The molecule has 1 aliphatic rings. The molecule has 0 saturated carbocycles. The van der Waals surface area contributed by atoms with Crippen LogP contribution in [0.5, 0.6) is 0 Å². The second-order valence-electron chi connectivity index (χ2n) is 6.81. The van der Waals surface area contributed by atoms with E-state index in [0.717, 1.165) is 43.1 Å². The van der Waals surface area contributed by atoms with Crippen molar-refractivity contribution < 1.29 is 9.15 Å². The molecular weight excluding hydrogens is 328 g/mol. The number of furan rings is 1. The summed E-state index contributed by atoms with van der Waals surface area (Å²) in [6.45, 7) is 5.95. The molecule has 3 aromatic heterocycles. The van der Waals surface area contributed by atoms with E-state index in [4.69, 9.17) is 9.15 Å². The van der Waals surface area contributed by atoms with Crippen LogP contribution in [0, 0.1) is 6.92 Å². The number of hydrogen-bond acceptors (Lipinski definition) is 5. The van der Waals surface area contributed by atoms with E-state index < -0.39 is 0 Å². The van der Waals surface area contributed by atoms with Gasteiger partial charge in [-0.25, -0.2) is 0 Å². The average Bonchev–Trinajstić information content (AvgIpc) is 3.28. The van der Waals surface area contributed by atoms with Crippen molar-refractivity contribution in [3.63, 3.8) is 0 Å². The van der Waals surface area contributed by atoms with E-state index in [1.54, 1.807) is 6.20 Å². The normalized spacial score (nSPS) is 17.3. The standard InChI is InChI=1S/C20H24N4O2/c1-16-4-5-20(26-16)14-23-12-18-6-9-22-24(18)19(13-23)7-10-25-15-17-3-2-8-21-11-17/h2-6,8-9,11,19H,7,10,12-15H2,1H3/t19-/m0/s1. The van der Waals surface area contributed by atoms with Gasteiger partial charge >= 0.3 is 0 Å². The molecule has 0 aliphatic carbocycles. The van der Waals surface area contributed by atoms with Gasteiger partial charge in [0.15, 0.2) is 0 Å². The summed E-state index contributed by atoms with van der Waals surface area (Å²) in [5, 5.41) is 4.52. The highest BCUT2D eigenvalue weighted by Crippen LogP contribution is 2.25. The Morgan fingerprint density at radius 2 is 2.19 bits per heavy atom. The van der Waals surface area contributed by atoms with Crippen LogP contribution < -0.4 is 0 Å². The highest BCUT2D eigenvalue weighted by molar-refractivity contribution is 5.09. The van der Waals surface area contributed by atoms with Crippen molar-refractivity contribution in [3.8, 4) is 0 Å². The largest absolute Gasteiger partial charge is 0.465 e. The molecule has 0 saturated heterocycles. The first-order valence-corrected chi connectivity index (χ1v) is 9.04. The Balaban J connectivity index is 1.34. The van der Waals surface area contributed by atoms with Crippen LogP contribution in [0.3, 0.4) is 0 Å². The minimum Gasteiger partial charge on any atom is -0.465 e. The molecule has 0 bridgehead atoms. The van der Waals surface area contributed by atoms with Crippen LogP contribution >= 0.6 is 0 Å². The van der Waals surface area contributed by atoms with Crippen LogP contribution in [0.25, 0.3) is 0 Å². The number of rotatable bonds is 7. The summed E-state index contributed by atoms with van der Waals surface area (Å²) in [5.74, 6) is 1.98. The first-order chi connectivity index (χ1) is 12.8. The third-order valence-electron chi connectivity index (χ3n) is 4.72. The third-order valence-corrected chi connectivity index (χ3v) is 4.72. The Kier molecular flexibility index (Phi) is 5.13.